The fraction of sp³-hybridized carbons (Fsp3) is 0.562. The SMILES string of the molecule is CC[C@H](C)[C@@H](NC(=O)OC(C)(C)C)c1ccccc1. The highest BCUT2D eigenvalue weighted by Crippen LogP contribution is 2.24. The van der Waals surface area contributed by atoms with E-state index in [9.17, 15) is 4.79 Å². The maximum atomic E-state index is 11.9. The summed E-state index contributed by atoms with van der Waals surface area (Å²) < 4.78 is 5.33. The van der Waals surface area contributed by atoms with E-state index in [1.54, 1.807) is 0 Å². The Morgan fingerprint density at radius 3 is 2.32 bits per heavy atom. The van der Waals surface area contributed by atoms with Gasteiger partial charge in [-0.25, -0.2) is 4.79 Å². The maximum absolute atomic E-state index is 11.9. The van der Waals surface area contributed by atoms with Crippen LogP contribution in [0.4, 0.5) is 4.79 Å². The number of alkyl carbamates (subject to hydrolysis) is 1. The quantitative estimate of drug-likeness (QED) is 0.879. The Kier molecular flexibility index (Phi) is 5.40. The lowest BCUT2D eigenvalue weighted by Crippen LogP contribution is -2.37. The molecular formula is C16H25NO2. The van der Waals surface area contributed by atoms with Gasteiger partial charge in [0.2, 0.25) is 0 Å². The van der Waals surface area contributed by atoms with Crippen molar-refractivity contribution in [1.29, 1.82) is 0 Å². The zero-order valence-electron chi connectivity index (χ0n) is 12.6. The Bertz CT molecular complexity index is 395. The van der Waals surface area contributed by atoms with Gasteiger partial charge in [0.15, 0.2) is 0 Å². The van der Waals surface area contributed by atoms with E-state index < -0.39 is 5.60 Å². The standard InChI is InChI=1S/C16H25NO2/c1-6-12(2)14(13-10-8-7-9-11-13)17-15(18)19-16(3,4)5/h7-12,14H,6H2,1-5H3,(H,17,18)/t12-,14+/m0/s1. The highest BCUT2D eigenvalue weighted by molar-refractivity contribution is 5.68. The number of nitrogens with one attached hydrogen (secondary N) is 1. The molecule has 0 unspecified atom stereocenters. The molecule has 0 aliphatic heterocycles. The Labute approximate surface area is 116 Å². The lowest BCUT2D eigenvalue weighted by molar-refractivity contribution is 0.0486. The third kappa shape index (κ3) is 5.33. The Balaban J connectivity index is 2.80. The number of carbonyl (C=O) groups is 1. The molecule has 1 aromatic rings. The van der Waals surface area contributed by atoms with Crippen LogP contribution < -0.4 is 5.32 Å². The van der Waals surface area contributed by atoms with Crippen LogP contribution in [0.25, 0.3) is 0 Å². The van der Waals surface area contributed by atoms with Crippen LogP contribution in [0.5, 0.6) is 0 Å². The van der Waals surface area contributed by atoms with Crippen LogP contribution in [-0.2, 0) is 4.74 Å². The number of ether oxygens (including phenoxy) is 1. The molecular weight excluding hydrogens is 238 g/mol. The second-order valence-corrected chi connectivity index (χ2v) is 5.92. The average Bonchev–Trinajstić information content (AvgIpc) is 2.34. The van der Waals surface area contributed by atoms with Gasteiger partial charge in [0.05, 0.1) is 6.04 Å². The molecule has 0 aliphatic carbocycles. The summed E-state index contributed by atoms with van der Waals surface area (Å²) in [6.07, 6.45) is 0.636. The summed E-state index contributed by atoms with van der Waals surface area (Å²) in [5.74, 6) is 0.356. The van der Waals surface area contributed by atoms with E-state index in [0.717, 1.165) is 12.0 Å². The van der Waals surface area contributed by atoms with Crippen LogP contribution in [0.15, 0.2) is 30.3 Å². The van der Waals surface area contributed by atoms with Crippen molar-refractivity contribution in [3.8, 4) is 0 Å². The van der Waals surface area contributed by atoms with E-state index in [4.69, 9.17) is 4.74 Å². The van der Waals surface area contributed by atoms with Gasteiger partial charge in [-0.3, -0.25) is 0 Å². The third-order valence-electron chi connectivity index (χ3n) is 3.04. The first kappa shape index (κ1) is 15.5. The van der Waals surface area contributed by atoms with E-state index in [1.165, 1.54) is 0 Å². The van der Waals surface area contributed by atoms with E-state index >= 15 is 0 Å². The predicted molar refractivity (Wildman–Crippen MR) is 78.0 cm³/mol. The molecule has 0 saturated heterocycles. The zero-order chi connectivity index (χ0) is 14.5. The largest absolute Gasteiger partial charge is 0.444 e. The van der Waals surface area contributed by atoms with Crippen LogP contribution in [0, 0.1) is 5.92 Å². The highest BCUT2D eigenvalue weighted by Gasteiger charge is 2.23. The van der Waals surface area contributed by atoms with Gasteiger partial charge in [-0.15, -0.1) is 0 Å². The molecule has 0 radical (unpaired) electrons. The minimum Gasteiger partial charge on any atom is -0.444 e. The first-order valence-electron chi connectivity index (χ1n) is 6.88. The molecule has 2 atom stereocenters. The molecule has 19 heavy (non-hydrogen) atoms. The summed E-state index contributed by atoms with van der Waals surface area (Å²) in [6, 6.07) is 10.0. The first-order valence-corrected chi connectivity index (χ1v) is 6.88. The molecule has 0 saturated carbocycles. The number of rotatable bonds is 4. The number of benzene rings is 1. The summed E-state index contributed by atoms with van der Waals surface area (Å²) in [4.78, 5) is 11.9. The fourth-order valence-electron chi connectivity index (χ4n) is 1.88. The topological polar surface area (TPSA) is 38.3 Å². The lowest BCUT2D eigenvalue weighted by atomic mass is 9.93. The fourth-order valence-corrected chi connectivity index (χ4v) is 1.88. The molecule has 0 aliphatic rings. The minimum absolute atomic E-state index is 0.0129. The maximum Gasteiger partial charge on any atom is 0.408 e. The van der Waals surface area contributed by atoms with Gasteiger partial charge in [-0.2, -0.15) is 0 Å². The minimum atomic E-state index is -0.471. The van der Waals surface area contributed by atoms with Crippen LogP contribution in [0.2, 0.25) is 0 Å². The van der Waals surface area contributed by atoms with Gasteiger partial charge in [-0.1, -0.05) is 50.6 Å². The molecule has 1 rings (SSSR count). The molecule has 106 valence electrons. The van der Waals surface area contributed by atoms with E-state index in [2.05, 4.69) is 19.2 Å². The first-order chi connectivity index (χ1) is 8.83. The van der Waals surface area contributed by atoms with Gasteiger partial charge in [0.25, 0.3) is 0 Å². The number of hydrogen-bond acceptors (Lipinski definition) is 2. The van der Waals surface area contributed by atoms with Gasteiger partial charge in [-0.05, 0) is 32.3 Å². The molecule has 0 bridgehead atoms. The molecule has 1 N–H and O–H groups in total. The molecule has 3 nitrogen and oxygen atoms in total. The van der Waals surface area contributed by atoms with E-state index in [0.29, 0.717) is 5.92 Å². The third-order valence-corrected chi connectivity index (χ3v) is 3.04. The van der Waals surface area contributed by atoms with Crippen molar-refractivity contribution >= 4 is 6.09 Å². The molecule has 0 aromatic heterocycles. The number of amides is 1. The van der Waals surface area contributed by atoms with Crippen LogP contribution >= 0.6 is 0 Å². The highest BCUT2D eigenvalue weighted by atomic mass is 16.6. The lowest BCUT2D eigenvalue weighted by Gasteiger charge is -2.27. The monoisotopic (exact) mass is 263 g/mol. The van der Waals surface area contributed by atoms with Gasteiger partial charge >= 0.3 is 6.09 Å². The Hall–Kier alpha value is -1.51. The molecule has 0 fully saturated rings. The molecule has 0 heterocycles. The van der Waals surface area contributed by atoms with Crippen molar-refractivity contribution in [2.75, 3.05) is 0 Å². The molecule has 1 amide bonds. The van der Waals surface area contributed by atoms with Crippen molar-refractivity contribution in [3.05, 3.63) is 35.9 Å². The molecule has 0 spiro atoms. The summed E-state index contributed by atoms with van der Waals surface area (Å²) in [6.45, 7) is 9.86. The van der Waals surface area contributed by atoms with Gasteiger partial charge < -0.3 is 10.1 Å². The Morgan fingerprint density at radius 1 is 1.26 bits per heavy atom. The summed E-state index contributed by atoms with van der Waals surface area (Å²) >= 11 is 0. The number of hydrogen-bond donors (Lipinski definition) is 1. The number of carbonyl (C=O) groups excluding carboxylic acids is 1. The van der Waals surface area contributed by atoms with Gasteiger partial charge in [0.1, 0.15) is 5.60 Å². The Morgan fingerprint density at radius 2 is 1.84 bits per heavy atom. The van der Waals surface area contributed by atoms with Crippen molar-refractivity contribution in [2.24, 2.45) is 5.92 Å². The van der Waals surface area contributed by atoms with Crippen LogP contribution in [-0.4, -0.2) is 11.7 Å². The second kappa shape index (κ2) is 6.60. The van der Waals surface area contributed by atoms with Crippen LogP contribution in [0.1, 0.15) is 52.6 Å². The predicted octanol–water partition coefficient (Wildman–Crippen LogP) is 4.30. The molecule has 1 aromatic carbocycles. The second-order valence-electron chi connectivity index (χ2n) is 5.92. The average molecular weight is 263 g/mol. The van der Waals surface area contributed by atoms with E-state index in [-0.39, 0.29) is 12.1 Å². The smallest absolute Gasteiger partial charge is 0.408 e. The summed E-state index contributed by atoms with van der Waals surface area (Å²) in [7, 11) is 0. The summed E-state index contributed by atoms with van der Waals surface area (Å²) in [5, 5.41) is 2.98. The summed E-state index contributed by atoms with van der Waals surface area (Å²) in [5.41, 5.74) is 0.642. The zero-order valence-corrected chi connectivity index (χ0v) is 12.6. The van der Waals surface area contributed by atoms with Crippen LogP contribution in [0.3, 0.4) is 0 Å². The molecule has 3 heteroatoms. The van der Waals surface area contributed by atoms with Crippen molar-refractivity contribution in [1.82, 2.24) is 5.32 Å². The van der Waals surface area contributed by atoms with Crippen molar-refractivity contribution in [3.63, 3.8) is 0 Å². The van der Waals surface area contributed by atoms with E-state index in [1.807, 2.05) is 51.1 Å². The van der Waals surface area contributed by atoms with Gasteiger partial charge in [0, 0.05) is 0 Å². The normalized spacial score (nSPS) is 14.6. The van der Waals surface area contributed by atoms with Crippen molar-refractivity contribution < 1.29 is 9.53 Å². The van der Waals surface area contributed by atoms with Crippen molar-refractivity contribution in [2.45, 2.75) is 52.7 Å².